The number of hydrogen-bond acceptors (Lipinski definition) is 2. The smallest absolute Gasteiger partial charge is 0.160 e. The lowest BCUT2D eigenvalue weighted by Gasteiger charge is -2.42. The third-order valence-electron chi connectivity index (χ3n) is 4.30. The fourth-order valence-electron chi connectivity index (χ4n) is 3.17. The summed E-state index contributed by atoms with van der Waals surface area (Å²) in [5.74, 6) is 0. The molecule has 2 heteroatoms. The van der Waals surface area contributed by atoms with Crippen molar-refractivity contribution in [3.63, 3.8) is 0 Å². The van der Waals surface area contributed by atoms with Gasteiger partial charge in [0.05, 0.1) is 6.07 Å². The molecule has 0 saturated carbocycles. The van der Waals surface area contributed by atoms with Gasteiger partial charge in [-0.2, -0.15) is 5.26 Å². The summed E-state index contributed by atoms with van der Waals surface area (Å²) in [6, 6.07) is 19.2. The van der Waals surface area contributed by atoms with Crippen LogP contribution >= 0.6 is 0 Å². The number of aryl methyl sites for hydroxylation is 1. The Morgan fingerprint density at radius 3 is 2.60 bits per heavy atom. The van der Waals surface area contributed by atoms with Gasteiger partial charge in [0, 0.05) is 6.54 Å². The molecule has 3 rings (SSSR count). The van der Waals surface area contributed by atoms with E-state index in [1.54, 1.807) is 0 Å². The van der Waals surface area contributed by atoms with Crippen molar-refractivity contribution >= 4 is 0 Å². The van der Waals surface area contributed by atoms with Crippen LogP contribution < -0.4 is 0 Å². The third-order valence-corrected chi connectivity index (χ3v) is 4.30. The molecule has 2 aromatic rings. The highest BCUT2D eigenvalue weighted by atomic mass is 15.2. The normalized spacial score (nSPS) is 22.1. The number of nitriles is 1. The first-order chi connectivity index (χ1) is 9.68. The maximum absolute atomic E-state index is 10.0. The van der Waals surface area contributed by atoms with Gasteiger partial charge in [0.15, 0.2) is 5.54 Å². The zero-order chi connectivity index (χ0) is 14.2. The van der Waals surface area contributed by atoms with Gasteiger partial charge in [-0.15, -0.1) is 0 Å². The zero-order valence-electron chi connectivity index (χ0n) is 11.9. The van der Waals surface area contributed by atoms with E-state index >= 15 is 0 Å². The van der Waals surface area contributed by atoms with Crippen molar-refractivity contribution in [1.29, 1.82) is 5.26 Å². The Kier molecular flexibility index (Phi) is 3.08. The highest BCUT2D eigenvalue weighted by molar-refractivity contribution is 5.51. The van der Waals surface area contributed by atoms with E-state index in [1.165, 1.54) is 11.1 Å². The molecule has 0 fully saturated rings. The summed E-state index contributed by atoms with van der Waals surface area (Å²) < 4.78 is 0. The lowest BCUT2D eigenvalue weighted by atomic mass is 9.76. The maximum atomic E-state index is 10.0. The third kappa shape index (κ3) is 1.75. The SMILES string of the molecule is Cc1ccc2c(c1)C(C#N)(c1ccccc1)N(C)CC2. The van der Waals surface area contributed by atoms with Crippen LogP contribution in [0.1, 0.15) is 22.3 Å². The van der Waals surface area contributed by atoms with Crippen molar-refractivity contribution in [2.45, 2.75) is 18.9 Å². The molecule has 20 heavy (non-hydrogen) atoms. The zero-order valence-corrected chi connectivity index (χ0v) is 11.9. The molecule has 0 aliphatic carbocycles. The summed E-state index contributed by atoms with van der Waals surface area (Å²) in [6.07, 6.45) is 1.00. The summed E-state index contributed by atoms with van der Waals surface area (Å²) in [6.45, 7) is 2.99. The molecule has 1 atom stereocenters. The average molecular weight is 262 g/mol. The molecule has 1 unspecified atom stereocenters. The van der Waals surface area contributed by atoms with Gasteiger partial charge in [0.1, 0.15) is 0 Å². The van der Waals surface area contributed by atoms with Crippen LogP contribution in [0.3, 0.4) is 0 Å². The van der Waals surface area contributed by atoms with Gasteiger partial charge in [-0.3, -0.25) is 4.90 Å². The molecule has 1 aliphatic rings. The molecular weight excluding hydrogens is 244 g/mol. The van der Waals surface area contributed by atoms with Crippen molar-refractivity contribution in [1.82, 2.24) is 4.90 Å². The highest BCUT2D eigenvalue weighted by Gasteiger charge is 2.42. The van der Waals surface area contributed by atoms with E-state index in [1.807, 2.05) is 25.2 Å². The van der Waals surface area contributed by atoms with Crippen molar-refractivity contribution in [2.75, 3.05) is 13.6 Å². The molecule has 0 radical (unpaired) electrons. The van der Waals surface area contributed by atoms with Gasteiger partial charge in [0.2, 0.25) is 0 Å². The predicted octanol–water partition coefficient (Wildman–Crippen LogP) is 3.25. The lowest BCUT2D eigenvalue weighted by Crippen LogP contribution is -2.48. The fraction of sp³-hybridized carbons (Fsp3) is 0.278. The molecule has 0 bridgehead atoms. The first-order valence-electron chi connectivity index (χ1n) is 6.96. The first kappa shape index (κ1) is 12.9. The number of likely N-dealkylation sites (N-methyl/N-ethyl adjacent to an activating group) is 1. The number of nitrogens with zero attached hydrogens (tertiary/aromatic N) is 2. The van der Waals surface area contributed by atoms with Crippen LogP contribution in [0.4, 0.5) is 0 Å². The maximum Gasteiger partial charge on any atom is 0.160 e. The van der Waals surface area contributed by atoms with Gasteiger partial charge in [-0.1, -0.05) is 54.1 Å². The fourth-order valence-corrected chi connectivity index (χ4v) is 3.17. The molecule has 2 aromatic carbocycles. The number of benzene rings is 2. The van der Waals surface area contributed by atoms with Crippen LogP contribution in [0, 0.1) is 18.3 Å². The topological polar surface area (TPSA) is 27.0 Å². The Balaban J connectivity index is 2.31. The second kappa shape index (κ2) is 4.77. The molecule has 0 saturated heterocycles. The van der Waals surface area contributed by atoms with Gasteiger partial charge in [-0.05, 0) is 37.1 Å². The molecule has 1 heterocycles. The van der Waals surface area contributed by atoms with E-state index in [2.05, 4.69) is 48.2 Å². The van der Waals surface area contributed by atoms with Gasteiger partial charge in [0.25, 0.3) is 0 Å². The Hall–Kier alpha value is -2.11. The van der Waals surface area contributed by atoms with Crippen molar-refractivity contribution in [2.24, 2.45) is 0 Å². The first-order valence-corrected chi connectivity index (χ1v) is 6.96. The van der Waals surface area contributed by atoms with Crippen LogP contribution in [-0.2, 0) is 12.0 Å². The minimum Gasteiger partial charge on any atom is -0.281 e. The van der Waals surface area contributed by atoms with Crippen molar-refractivity contribution in [3.8, 4) is 6.07 Å². The largest absolute Gasteiger partial charge is 0.281 e. The van der Waals surface area contributed by atoms with Crippen molar-refractivity contribution in [3.05, 3.63) is 70.8 Å². The van der Waals surface area contributed by atoms with Crippen LogP contribution in [0.25, 0.3) is 0 Å². The molecule has 100 valence electrons. The summed E-state index contributed by atoms with van der Waals surface area (Å²) in [5, 5.41) is 10.0. The van der Waals surface area contributed by atoms with Gasteiger partial charge < -0.3 is 0 Å². The summed E-state index contributed by atoms with van der Waals surface area (Å²) in [4.78, 5) is 2.17. The molecule has 2 nitrogen and oxygen atoms in total. The highest BCUT2D eigenvalue weighted by Crippen LogP contribution is 2.40. The second-order valence-corrected chi connectivity index (χ2v) is 5.52. The Bertz CT molecular complexity index is 670. The van der Waals surface area contributed by atoms with E-state index in [0.29, 0.717) is 0 Å². The van der Waals surface area contributed by atoms with E-state index in [9.17, 15) is 5.26 Å². The van der Waals surface area contributed by atoms with Gasteiger partial charge >= 0.3 is 0 Å². The summed E-state index contributed by atoms with van der Waals surface area (Å²) >= 11 is 0. The van der Waals surface area contributed by atoms with E-state index in [0.717, 1.165) is 24.1 Å². The minimum absolute atomic E-state index is 0.666. The Morgan fingerprint density at radius 2 is 1.90 bits per heavy atom. The molecule has 0 aromatic heterocycles. The number of rotatable bonds is 1. The van der Waals surface area contributed by atoms with Crippen molar-refractivity contribution < 1.29 is 0 Å². The van der Waals surface area contributed by atoms with Crippen LogP contribution in [-0.4, -0.2) is 18.5 Å². The monoisotopic (exact) mass is 262 g/mol. The standard InChI is InChI=1S/C18H18N2/c1-14-8-9-15-10-11-20(2)18(13-19,17(15)12-14)16-6-4-3-5-7-16/h3-9,12H,10-11H2,1-2H3. The summed E-state index contributed by atoms with van der Waals surface area (Å²) in [7, 11) is 2.04. The van der Waals surface area contributed by atoms with Gasteiger partial charge in [-0.25, -0.2) is 0 Å². The molecular formula is C18H18N2. The van der Waals surface area contributed by atoms with Crippen LogP contribution in [0.5, 0.6) is 0 Å². The number of fused-ring (bicyclic) bond motifs is 1. The second-order valence-electron chi connectivity index (χ2n) is 5.52. The van der Waals surface area contributed by atoms with E-state index in [4.69, 9.17) is 0 Å². The molecule has 0 amide bonds. The average Bonchev–Trinajstić information content (AvgIpc) is 2.48. The predicted molar refractivity (Wildman–Crippen MR) is 80.3 cm³/mol. The molecule has 0 spiro atoms. The lowest BCUT2D eigenvalue weighted by molar-refractivity contribution is 0.200. The van der Waals surface area contributed by atoms with E-state index < -0.39 is 5.54 Å². The van der Waals surface area contributed by atoms with E-state index in [-0.39, 0.29) is 0 Å². The molecule has 0 N–H and O–H groups in total. The van der Waals surface area contributed by atoms with Crippen LogP contribution in [0.2, 0.25) is 0 Å². The molecule has 1 aliphatic heterocycles. The summed E-state index contributed by atoms with van der Waals surface area (Å²) in [5.41, 5.74) is 4.02. The number of hydrogen-bond donors (Lipinski definition) is 0. The quantitative estimate of drug-likeness (QED) is 0.789. The minimum atomic E-state index is -0.666. The van der Waals surface area contributed by atoms with Crippen LogP contribution in [0.15, 0.2) is 48.5 Å². The Labute approximate surface area is 120 Å². The Morgan fingerprint density at radius 1 is 1.15 bits per heavy atom.